The minimum absolute atomic E-state index is 0.227. The molecule has 0 spiro atoms. The Morgan fingerprint density at radius 1 is 1.43 bits per heavy atom. The molecular formula is C16H17O4P. The van der Waals surface area contributed by atoms with Crippen molar-refractivity contribution >= 4 is 21.6 Å². The SMILES string of the molecule is C=C(C=O)/C(=C\C=C/C)OPOC1=CC=CCC=C1C=O. The molecule has 0 aliphatic heterocycles. The lowest BCUT2D eigenvalue weighted by atomic mass is 10.2. The number of hydrogen-bond donors (Lipinski definition) is 0. The van der Waals surface area contributed by atoms with Gasteiger partial charge in [0.25, 0.3) is 9.03 Å². The summed E-state index contributed by atoms with van der Waals surface area (Å²) in [6, 6.07) is 0. The summed E-state index contributed by atoms with van der Waals surface area (Å²) >= 11 is 0. The van der Waals surface area contributed by atoms with E-state index >= 15 is 0 Å². The van der Waals surface area contributed by atoms with Crippen LogP contribution in [-0.4, -0.2) is 12.6 Å². The molecule has 110 valence electrons. The lowest BCUT2D eigenvalue weighted by molar-refractivity contribution is -0.105. The number of aldehydes is 2. The second kappa shape index (κ2) is 9.67. The Morgan fingerprint density at radius 2 is 2.24 bits per heavy atom. The summed E-state index contributed by atoms with van der Waals surface area (Å²) in [5.41, 5.74) is 0.703. The van der Waals surface area contributed by atoms with Gasteiger partial charge in [0.05, 0.1) is 5.57 Å². The Bertz CT molecular complexity index is 551. The van der Waals surface area contributed by atoms with E-state index in [2.05, 4.69) is 6.58 Å². The van der Waals surface area contributed by atoms with Gasteiger partial charge in [-0.05, 0) is 25.5 Å². The van der Waals surface area contributed by atoms with Gasteiger partial charge in [-0.3, -0.25) is 9.59 Å². The highest BCUT2D eigenvalue weighted by Crippen LogP contribution is 2.29. The maximum Gasteiger partial charge on any atom is 0.275 e. The van der Waals surface area contributed by atoms with Crippen LogP contribution in [0.4, 0.5) is 0 Å². The summed E-state index contributed by atoms with van der Waals surface area (Å²) in [5, 5.41) is 0. The van der Waals surface area contributed by atoms with Crippen LogP contribution in [0.25, 0.3) is 0 Å². The second-order valence-corrected chi connectivity index (χ2v) is 4.53. The minimum atomic E-state index is -0.387. The van der Waals surface area contributed by atoms with Gasteiger partial charge in [-0.15, -0.1) is 0 Å². The molecule has 1 aliphatic rings. The number of allylic oxidation sites excluding steroid dienone is 9. The third kappa shape index (κ3) is 5.76. The van der Waals surface area contributed by atoms with Crippen LogP contribution in [0.2, 0.25) is 0 Å². The average Bonchev–Trinajstić information content (AvgIpc) is 2.74. The summed E-state index contributed by atoms with van der Waals surface area (Å²) in [6.07, 6.45) is 14.4. The lowest BCUT2D eigenvalue weighted by Crippen LogP contribution is -1.94. The van der Waals surface area contributed by atoms with E-state index < -0.39 is 0 Å². The Kier molecular flexibility index (Phi) is 7.77. The normalized spacial score (nSPS) is 15.6. The molecule has 0 radical (unpaired) electrons. The van der Waals surface area contributed by atoms with Crippen LogP contribution in [0.1, 0.15) is 13.3 Å². The van der Waals surface area contributed by atoms with Gasteiger partial charge in [-0.1, -0.05) is 37.0 Å². The molecule has 1 rings (SSSR count). The van der Waals surface area contributed by atoms with E-state index in [1.54, 1.807) is 30.4 Å². The van der Waals surface area contributed by atoms with Crippen molar-refractivity contribution in [2.24, 2.45) is 0 Å². The zero-order valence-electron chi connectivity index (χ0n) is 11.7. The van der Waals surface area contributed by atoms with Crippen LogP contribution >= 0.6 is 9.03 Å². The number of hydrogen-bond acceptors (Lipinski definition) is 4. The van der Waals surface area contributed by atoms with E-state index in [4.69, 9.17) is 9.05 Å². The predicted molar refractivity (Wildman–Crippen MR) is 84.6 cm³/mol. The van der Waals surface area contributed by atoms with E-state index in [9.17, 15) is 9.59 Å². The summed E-state index contributed by atoms with van der Waals surface area (Å²) in [4.78, 5) is 21.7. The average molecular weight is 304 g/mol. The molecule has 1 atom stereocenters. The summed E-state index contributed by atoms with van der Waals surface area (Å²) in [7, 11) is -0.387. The molecule has 0 aromatic carbocycles. The molecule has 4 nitrogen and oxygen atoms in total. The van der Waals surface area contributed by atoms with Crippen molar-refractivity contribution in [1.82, 2.24) is 0 Å². The molecule has 0 saturated carbocycles. The zero-order valence-corrected chi connectivity index (χ0v) is 12.7. The van der Waals surface area contributed by atoms with Gasteiger partial charge in [0.1, 0.15) is 11.5 Å². The molecule has 0 heterocycles. The van der Waals surface area contributed by atoms with Crippen molar-refractivity contribution < 1.29 is 18.6 Å². The molecule has 0 saturated heterocycles. The molecule has 0 N–H and O–H groups in total. The highest BCUT2D eigenvalue weighted by molar-refractivity contribution is 7.26. The fraction of sp³-hybridized carbons (Fsp3) is 0.125. The molecule has 0 aromatic rings. The van der Waals surface area contributed by atoms with E-state index in [-0.39, 0.29) is 14.6 Å². The van der Waals surface area contributed by atoms with Gasteiger partial charge >= 0.3 is 0 Å². The van der Waals surface area contributed by atoms with Gasteiger partial charge in [-0.2, -0.15) is 0 Å². The molecule has 21 heavy (non-hydrogen) atoms. The highest BCUT2D eigenvalue weighted by atomic mass is 31.1. The summed E-state index contributed by atoms with van der Waals surface area (Å²) in [5.74, 6) is 0.780. The van der Waals surface area contributed by atoms with Gasteiger partial charge < -0.3 is 9.05 Å². The third-order valence-corrected chi connectivity index (χ3v) is 3.08. The molecule has 0 amide bonds. The highest BCUT2D eigenvalue weighted by Gasteiger charge is 2.09. The number of carbonyl (C=O) groups excluding carboxylic acids is 2. The zero-order chi connectivity index (χ0) is 15.5. The van der Waals surface area contributed by atoms with E-state index in [1.165, 1.54) is 0 Å². The van der Waals surface area contributed by atoms with Crippen molar-refractivity contribution in [3.8, 4) is 0 Å². The van der Waals surface area contributed by atoms with Crippen molar-refractivity contribution in [2.45, 2.75) is 13.3 Å². The first-order valence-electron chi connectivity index (χ1n) is 6.31. The van der Waals surface area contributed by atoms with Crippen LogP contribution in [0.3, 0.4) is 0 Å². The maximum atomic E-state index is 11.0. The molecule has 1 aliphatic carbocycles. The largest absolute Gasteiger partial charge is 0.440 e. The maximum absolute atomic E-state index is 11.0. The molecular weight excluding hydrogens is 287 g/mol. The third-order valence-electron chi connectivity index (χ3n) is 2.47. The number of rotatable bonds is 8. The molecule has 0 bridgehead atoms. The van der Waals surface area contributed by atoms with Crippen LogP contribution < -0.4 is 0 Å². The first-order valence-corrected chi connectivity index (χ1v) is 7.13. The minimum Gasteiger partial charge on any atom is -0.440 e. The van der Waals surface area contributed by atoms with Gasteiger partial charge in [0.2, 0.25) is 0 Å². The Morgan fingerprint density at radius 3 is 2.90 bits per heavy atom. The van der Waals surface area contributed by atoms with E-state index in [0.717, 1.165) is 6.29 Å². The standard InChI is InChI=1S/C16H17O4P/c1-3-4-9-15(13(2)11-17)19-21-20-16-10-7-5-6-8-14(16)12-18/h3-5,7-12,21H,2,6H2,1H3/b4-3-,15-9+. The monoisotopic (exact) mass is 304 g/mol. The van der Waals surface area contributed by atoms with Crippen molar-refractivity contribution in [3.05, 3.63) is 71.8 Å². The Labute approximate surface area is 126 Å². The van der Waals surface area contributed by atoms with Crippen molar-refractivity contribution in [2.75, 3.05) is 0 Å². The van der Waals surface area contributed by atoms with Crippen LogP contribution in [0.5, 0.6) is 0 Å². The van der Waals surface area contributed by atoms with Crippen molar-refractivity contribution in [1.29, 1.82) is 0 Å². The molecule has 5 heteroatoms. The molecule has 0 aromatic heterocycles. The lowest BCUT2D eigenvalue weighted by Gasteiger charge is -2.11. The Balaban J connectivity index is 2.67. The fourth-order valence-corrected chi connectivity index (χ4v) is 1.99. The van der Waals surface area contributed by atoms with Crippen LogP contribution in [0, 0.1) is 0 Å². The smallest absolute Gasteiger partial charge is 0.275 e. The quantitative estimate of drug-likeness (QED) is 0.225. The second-order valence-electron chi connectivity index (χ2n) is 3.96. The number of carbonyl (C=O) groups is 2. The summed E-state index contributed by atoms with van der Waals surface area (Å²) in [6.45, 7) is 5.45. The summed E-state index contributed by atoms with van der Waals surface area (Å²) < 4.78 is 10.9. The van der Waals surface area contributed by atoms with Crippen LogP contribution in [0.15, 0.2) is 71.8 Å². The van der Waals surface area contributed by atoms with Gasteiger partial charge in [0, 0.05) is 5.57 Å². The van der Waals surface area contributed by atoms with E-state index in [1.807, 2.05) is 19.1 Å². The van der Waals surface area contributed by atoms with Gasteiger partial charge in [-0.25, -0.2) is 0 Å². The fourth-order valence-electron chi connectivity index (χ4n) is 1.38. The van der Waals surface area contributed by atoms with E-state index in [0.29, 0.717) is 29.8 Å². The first kappa shape index (κ1) is 16.9. The predicted octanol–water partition coefficient (Wildman–Crippen LogP) is 3.71. The topological polar surface area (TPSA) is 52.6 Å². The van der Waals surface area contributed by atoms with Gasteiger partial charge in [0.15, 0.2) is 12.6 Å². The first-order chi connectivity index (χ1) is 10.2. The molecule has 0 fully saturated rings. The molecule has 1 unspecified atom stereocenters. The van der Waals surface area contributed by atoms with Crippen molar-refractivity contribution in [3.63, 3.8) is 0 Å². The Hall–Kier alpha value is -2.19. The van der Waals surface area contributed by atoms with Crippen LogP contribution in [-0.2, 0) is 18.6 Å².